The van der Waals surface area contributed by atoms with Gasteiger partial charge in [0.15, 0.2) is 5.65 Å². The molecule has 7 nitrogen and oxygen atoms in total. The minimum Gasteiger partial charge on any atom is -0.495 e. The maximum Gasteiger partial charge on any atom is 0.323 e. The third kappa shape index (κ3) is 4.42. The summed E-state index contributed by atoms with van der Waals surface area (Å²) in [5.74, 6) is 0.609. The predicted molar refractivity (Wildman–Crippen MR) is 128 cm³/mol. The van der Waals surface area contributed by atoms with E-state index in [1.54, 1.807) is 13.3 Å². The Balaban J connectivity index is 1.56. The molecule has 0 saturated carbocycles. The number of urea groups is 1. The lowest BCUT2D eigenvalue weighted by Crippen LogP contribution is -2.19. The first-order chi connectivity index (χ1) is 15.2. The number of anilines is 2. The largest absolute Gasteiger partial charge is 0.495 e. The highest BCUT2D eigenvalue weighted by atomic mass is 16.5. The van der Waals surface area contributed by atoms with Gasteiger partial charge in [0, 0.05) is 22.2 Å². The number of amides is 2. The molecule has 7 heteroatoms. The number of ether oxygens (including phenoxy) is 1. The molecule has 0 fully saturated rings. The average Bonchev–Trinajstić information content (AvgIpc) is 3.22. The topological polar surface area (TPSA) is 91.9 Å². The molecule has 2 aromatic heterocycles. The maximum absolute atomic E-state index is 12.5. The summed E-state index contributed by atoms with van der Waals surface area (Å²) in [6.07, 6.45) is 1.79. The molecule has 0 aliphatic carbocycles. The fraction of sp³-hybridized carbons (Fsp3) is 0.240. The van der Waals surface area contributed by atoms with Crippen LogP contribution in [0.2, 0.25) is 0 Å². The number of fused-ring (bicyclic) bond motifs is 1. The molecule has 0 aliphatic rings. The molecular formula is C25H27N5O2. The summed E-state index contributed by atoms with van der Waals surface area (Å²) in [4.78, 5) is 17.2. The van der Waals surface area contributed by atoms with Gasteiger partial charge in [-0.15, -0.1) is 0 Å². The van der Waals surface area contributed by atoms with Gasteiger partial charge in [-0.3, -0.25) is 5.10 Å². The van der Waals surface area contributed by atoms with Gasteiger partial charge in [0.2, 0.25) is 0 Å². The number of aromatic amines is 1. The highest BCUT2D eigenvalue weighted by molar-refractivity contribution is 6.01. The molecule has 0 aliphatic heterocycles. The Hall–Kier alpha value is -3.87. The van der Waals surface area contributed by atoms with Gasteiger partial charge in [-0.05, 0) is 53.9 Å². The Bertz CT molecular complexity index is 1270. The zero-order valence-corrected chi connectivity index (χ0v) is 18.9. The zero-order valence-electron chi connectivity index (χ0n) is 18.9. The maximum atomic E-state index is 12.5. The summed E-state index contributed by atoms with van der Waals surface area (Å²) >= 11 is 0. The van der Waals surface area contributed by atoms with Crippen molar-refractivity contribution in [3.63, 3.8) is 0 Å². The van der Waals surface area contributed by atoms with Gasteiger partial charge in [-0.1, -0.05) is 39.0 Å². The van der Waals surface area contributed by atoms with Gasteiger partial charge >= 0.3 is 6.03 Å². The first-order valence-corrected chi connectivity index (χ1v) is 10.4. The number of carbonyl (C=O) groups is 1. The van der Waals surface area contributed by atoms with Crippen molar-refractivity contribution in [3.05, 3.63) is 66.0 Å². The fourth-order valence-electron chi connectivity index (χ4n) is 3.49. The van der Waals surface area contributed by atoms with Crippen LogP contribution in [0.25, 0.3) is 22.2 Å². The third-order valence-electron chi connectivity index (χ3n) is 5.25. The van der Waals surface area contributed by atoms with E-state index in [4.69, 9.17) is 9.72 Å². The van der Waals surface area contributed by atoms with Crippen molar-refractivity contribution in [2.45, 2.75) is 33.1 Å². The second-order valence-electron chi connectivity index (χ2n) is 8.80. The summed E-state index contributed by atoms with van der Waals surface area (Å²) in [5, 5.41) is 13.8. The van der Waals surface area contributed by atoms with E-state index < -0.39 is 0 Å². The molecule has 164 valence electrons. The monoisotopic (exact) mass is 429 g/mol. The van der Waals surface area contributed by atoms with E-state index in [0.717, 1.165) is 33.4 Å². The SMILES string of the molecule is COc1ccc(C)cc1NC(=O)Nc1ccc(-c2cc(C(C)(C)C)nc3[nH]ncc23)cc1. The summed E-state index contributed by atoms with van der Waals surface area (Å²) < 4.78 is 5.32. The summed E-state index contributed by atoms with van der Waals surface area (Å²) in [5.41, 5.74) is 6.07. The molecule has 4 aromatic rings. The van der Waals surface area contributed by atoms with E-state index in [-0.39, 0.29) is 11.4 Å². The number of hydrogen-bond acceptors (Lipinski definition) is 4. The normalized spacial score (nSPS) is 11.4. The van der Waals surface area contributed by atoms with Crippen molar-refractivity contribution >= 4 is 28.4 Å². The van der Waals surface area contributed by atoms with E-state index in [1.165, 1.54) is 0 Å². The molecule has 0 bridgehead atoms. The van der Waals surface area contributed by atoms with Gasteiger partial charge < -0.3 is 15.4 Å². The predicted octanol–water partition coefficient (Wildman–Crippen LogP) is 5.88. The molecule has 32 heavy (non-hydrogen) atoms. The van der Waals surface area contributed by atoms with Gasteiger partial charge in [-0.2, -0.15) is 5.10 Å². The molecule has 0 unspecified atom stereocenters. The number of rotatable bonds is 4. The van der Waals surface area contributed by atoms with E-state index >= 15 is 0 Å². The van der Waals surface area contributed by atoms with Crippen LogP contribution in [0.3, 0.4) is 0 Å². The van der Waals surface area contributed by atoms with Crippen molar-refractivity contribution in [2.24, 2.45) is 0 Å². The van der Waals surface area contributed by atoms with Crippen LogP contribution in [0.4, 0.5) is 16.2 Å². The van der Waals surface area contributed by atoms with Crippen LogP contribution < -0.4 is 15.4 Å². The number of aromatic nitrogens is 3. The van der Waals surface area contributed by atoms with E-state index in [1.807, 2.05) is 49.4 Å². The van der Waals surface area contributed by atoms with E-state index in [0.29, 0.717) is 17.1 Å². The van der Waals surface area contributed by atoms with Crippen LogP contribution in [-0.4, -0.2) is 28.3 Å². The molecule has 0 radical (unpaired) electrons. The van der Waals surface area contributed by atoms with Crippen LogP contribution in [0, 0.1) is 6.92 Å². The van der Waals surface area contributed by atoms with E-state index in [9.17, 15) is 4.79 Å². The molecule has 2 aromatic carbocycles. The molecule has 0 atom stereocenters. The third-order valence-corrected chi connectivity index (χ3v) is 5.25. The first-order valence-electron chi connectivity index (χ1n) is 10.4. The van der Waals surface area contributed by atoms with Crippen molar-refractivity contribution < 1.29 is 9.53 Å². The second-order valence-corrected chi connectivity index (χ2v) is 8.80. The molecule has 4 rings (SSSR count). The van der Waals surface area contributed by atoms with Crippen LogP contribution in [0.5, 0.6) is 5.75 Å². The van der Waals surface area contributed by atoms with Crippen LogP contribution in [0.1, 0.15) is 32.0 Å². The lowest BCUT2D eigenvalue weighted by molar-refractivity contribution is 0.262. The summed E-state index contributed by atoms with van der Waals surface area (Å²) in [7, 11) is 1.58. The van der Waals surface area contributed by atoms with Gasteiger partial charge in [-0.25, -0.2) is 9.78 Å². The number of methoxy groups -OCH3 is 1. The molecule has 2 heterocycles. The second kappa shape index (κ2) is 8.34. The summed E-state index contributed by atoms with van der Waals surface area (Å²) in [6, 6.07) is 15.1. The highest BCUT2D eigenvalue weighted by Gasteiger charge is 2.19. The Kier molecular flexibility index (Phi) is 5.57. The quantitative estimate of drug-likeness (QED) is 0.377. The number of nitrogens with zero attached hydrogens (tertiary/aromatic N) is 2. The zero-order chi connectivity index (χ0) is 22.9. The number of H-pyrrole nitrogens is 1. The Labute approximate surface area is 187 Å². The summed E-state index contributed by atoms with van der Waals surface area (Å²) in [6.45, 7) is 8.37. The van der Waals surface area contributed by atoms with Crippen molar-refractivity contribution in [1.29, 1.82) is 0 Å². The average molecular weight is 430 g/mol. The fourth-order valence-corrected chi connectivity index (χ4v) is 3.49. The number of benzene rings is 2. The minimum absolute atomic E-state index is 0.0928. The van der Waals surface area contributed by atoms with Crippen LogP contribution >= 0.6 is 0 Å². The van der Waals surface area contributed by atoms with Crippen molar-refractivity contribution in [3.8, 4) is 16.9 Å². The number of hydrogen-bond donors (Lipinski definition) is 3. The van der Waals surface area contributed by atoms with Gasteiger partial charge in [0.25, 0.3) is 0 Å². The Morgan fingerprint density at radius 1 is 1.03 bits per heavy atom. The van der Waals surface area contributed by atoms with Gasteiger partial charge in [0.05, 0.1) is 19.0 Å². The Morgan fingerprint density at radius 2 is 1.78 bits per heavy atom. The number of aryl methyl sites for hydroxylation is 1. The highest BCUT2D eigenvalue weighted by Crippen LogP contribution is 2.32. The molecule has 0 spiro atoms. The van der Waals surface area contributed by atoms with Crippen LogP contribution in [-0.2, 0) is 5.41 Å². The number of nitrogens with one attached hydrogen (secondary N) is 3. The molecule has 2 amide bonds. The number of carbonyl (C=O) groups excluding carboxylic acids is 1. The molecule has 0 saturated heterocycles. The van der Waals surface area contributed by atoms with Crippen molar-refractivity contribution in [2.75, 3.05) is 17.7 Å². The minimum atomic E-state index is -0.335. The molecule has 3 N–H and O–H groups in total. The van der Waals surface area contributed by atoms with Crippen molar-refractivity contribution in [1.82, 2.24) is 15.2 Å². The lowest BCUT2D eigenvalue weighted by atomic mass is 9.89. The standard InChI is InChI=1S/C25H27N5O2/c1-15-6-11-21(32-5)20(12-15)28-24(31)27-17-9-7-16(8-10-17)18-13-22(25(2,3)4)29-23-19(18)14-26-30-23/h6-14H,1-5H3,(H,26,29,30)(H2,27,28,31). The smallest absolute Gasteiger partial charge is 0.323 e. The first kappa shape index (κ1) is 21.4. The number of pyridine rings is 1. The van der Waals surface area contributed by atoms with Crippen LogP contribution in [0.15, 0.2) is 54.7 Å². The molecular weight excluding hydrogens is 402 g/mol. The Morgan fingerprint density at radius 3 is 2.47 bits per heavy atom. The lowest BCUT2D eigenvalue weighted by Gasteiger charge is -2.19. The van der Waals surface area contributed by atoms with Gasteiger partial charge in [0.1, 0.15) is 5.75 Å². The van der Waals surface area contributed by atoms with E-state index in [2.05, 4.69) is 47.7 Å².